The summed E-state index contributed by atoms with van der Waals surface area (Å²) in [6, 6.07) is 1.74. The summed E-state index contributed by atoms with van der Waals surface area (Å²) in [6.07, 6.45) is -0.235. The van der Waals surface area contributed by atoms with Crippen LogP contribution in [0.1, 0.15) is 6.42 Å². The molecule has 6 nitrogen and oxygen atoms in total. The number of hydrogen-bond donors (Lipinski definition) is 2. The first-order valence-corrected chi connectivity index (χ1v) is 4.88. The normalized spacial score (nSPS) is 10.0. The topological polar surface area (TPSA) is 92.5 Å². The molecule has 0 aromatic heterocycles. The van der Waals surface area contributed by atoms with E-state index in [0.29, 0.717) is 0 Å². The van der Waals surface area contributed by atoms with Crippen LogP contribution in [-0.2, 0) is 4.79 Å². The Labute approximate surface area is 100 Å². The van der Waals surface area contributed by atoms with Gasteiger partial charge in [-0.3, -0.25) is 14.9 Å². The van der Waals surface area contributed by atoms with Crippen LogP contribution in [0.3, 0.4) is 0 Å². The van der Waals surface area contributed by atoms with Crippen molar-refractivity contribution in [1.29, 1.82) is 0 Å². The summed E-state index contributed by atoms with van der Waals surface area (Å²) in [4.78, 5) is 20.2. The number of carbonyl (C=O) groups is 1. The third-order valence-electron chi connectivity index (χ3n) is 1.89. The minimum atomic E-state index is -1.06. The van der Waals surface area contributed by atoms with E-state index < -0.39 is 22.4 Å². The van der Waals surface area contributed by atoms with Gasteiger partial charge in [0.2, 0.25) is 0 Å². The highest BCUT2D eigenvalue weighted by Gasteiger charge is 2.17. The second kappa shape index (κ2) is 5.44. The fraction of sp³-hybridized carbons (Fsp3) is 0.222. The third-order valence-corrected chi connectivity index (χ3v) is 2.18. The first-order valence-electron chi connectivity index (χ1n) is 4.51. The van der Waals surface area contributed by atoms with Crippen molar-refractivity contribution in [1.82, 2.24) is 0 Å². The van der Waals surface area contributed by atoms with Gasteiger partial charge in [0.15, 0.2) is 0 Å². The molecule has 17 heavy (non-hydrogen) atoms. The molecule has 1 aromatic rings. The molecule has 0 aliphatic heterocycles. The predicted molar refractivity (Wildman–Crippen MR) is 58.8 cm³/mol. The third kappa shape index (κ3) is 3.56. The van der Waals surface area contributed by atoms with Gasteiger partial charge in [-0.25, -0.2) is 4.39 Å². The number of aliphatic carboxylic acids is 1. The van der Waals surface area contributed by atoms with Gasteiger partial charge in [-0.05, 0) is 0 Å². The van der Waals surface area contributed by atoms with E-state index >= 15 is 0 Å². The van der Waals surface area contributed by atoms with E-state index in [-0.39, 0.29) is 23.7 Å². The molecule has 0 amide bonds. The minimum Gasteiger partial charge on any atom is -0.481 e. The van der Waals surface area contributed by atoms with Gasteiger partial charge in [-0.1, -0.05) is 11.6 Å². The Morgan fingerprint density at radius 2 is 2.24 bits per heavy atom. The number of rotatable bonds is 5. The van der Waals surface area contributed by atoms with Crippen LogP contribution < -0.4 is 5.32 Å². The standard InChI is InChI=1S/C9H8ClFN2O4/c10-5-3-8(13(16)17)7(4-6(5)11)12-2-1-9(14)15/h3-4,12H,1-2H2,(H,14,15). The van der Waals surface area contributed by atoms with Gasteiger partial charge >= 0.3 is 5.97 Å². The highest BCUT2D eigenvalue weighted by molar-refractivity contribution is 6.31. The molecule has 0 aliphatic rings. The maximum atomic E-state index is 13.1. The van der Waals surface area contributed by atoms with Gasteiger partial charge in [-0.15, -0.1) is 0 Å². The summed E-state index contributed by atoms with van der Waals surface area (Å²) in [5.74, 6) is -1.87. The van der Waals surface area contributed by atoms with Crippen LogP contribution in [0.15, 0.2) is 12.1 Å². The molecule has 2 N–H and O–H groups in total. The van der Waals surface area contributed by atoms with Crippen LogP contribution in [0.25, 0.3) is 0 Å². The summed E-state index contributed by atoms with van der Waals surface area (Å²) in [6.45, 7) is -0.0444. The van der Waals surface area contributed by atoms with E-state index in [1.54, 1.807) is 0 Å². The van der Waals surface area contributed by atoms with Crippen molar-refractivity contribution in [3.8, 4) is 0 Å². The molecule has 0 bridgehead atoms. The number of carboxylic acids is 1. The first-order chi connectivity index (χ1) is 7.91. The molecule has 0 saturated heterocycles. The van der Waals surface area contributed by atoms with Crippen LogP contribution in [0.4, 0.5) is 15.8 Å². The SMILES string of the molecule is O=C(O)CCNc1cc(F)c(Cl)cc1[N+](=O)[O-]. The van der Waals surface area contributed by atoms with Crippen molar-refractivity contribution in [2.24, 2.45) is 0 Å². The van der Waals surface area contributed by atoms with Gasteiger partial charge in [0, 0.05) is 18.7 Å². The molecule has 0 saturated carbocycles. The fourth-order valence-electron chi connectivity index (χ4n) is 1.13. The Kier molecular flexibility index (Phi) is 4.22. The lowest BCUT2D eigenvalue weighted by molar-refractivity contribution is -0.384. The van der Waals surface area contributed by atoms with Crippen LogP contribution in [0.5, 0.6) is 0 Å². The Bertz CT molecular complexity index is 467. The van der Waals surface area contributed by atoms with Gasteiger partial charge in [0.25, 0.3) is 5.69 Å². The van der Waals surface area contributed by atoms with Gasteiger partial charge in [0.1, 0.15) is 11.5 Å². The number of nitrogens with zero attached hydrogens (tertiary/aromatic N) is 1. The molecule has 0 aliphatic carbocycles. The van der Waals surface area contributed by atoms with Crippen LogP contribution in [-0.4, -0.2) is 22.5 Å². The van der Waals surface area contributed by atoms with Crippen molar-refractivity contribution in [2.45, 2.75) is 6.42 Å². The Morgan fingerprint density at radius 3 is 2.76 bits per heavy atom. The van der Waals surface area contributed by atoms with Crippen molar-refractivity contribution in [2.75, 3.05) is 11.9 Å². The number of nitro benzene ring substituents is 1. The van der Waals surface area contributed by atoms with E-state index in [0.717, 1.165) is 12.1 Å². The van der Waals surface area contributed by atoms with Crippen LogP contribution >= 0.6 is 11.6 Å². The highest BCUT2D eigenvalue weighted by atomic mass is 35.5. The number of anilines is 1. The molecule has 1 rings (SSSR count). The van der Waals surface area contributed by atoms with Crippen molar-refractivity contribution in [3.63, 3.8) is 0 Å². The van der Waals surface area contributed by atoms with E-state index in [4.69, 9.17) is 16.7 Å². The lowest BCUT2D eigenvalue weighted by Crippen LogP contribution is -2.09. The summed E-state index contributed by atoms with van der Waals surface area (Å²) >= 11 is 5.41. The monoisotopic (exact) mass is 262 g/mol. The van der Waals surface area contributed by atoms with Gasteiger partial charge < -0.3 is 10.4 Å². The predicted octanol–water partition coefficient (Wildman–Crippen LogP) is 2.27. The number of nitro groups is 1. The average Bonchev–Trinajstić information content (AvgIpc) is 2.22. The molecular weight excluding hydrogens is 255 g/mol. The summed E-state index contributed by atoms with van der Waals surface area (Å²) in [5.41, 5.74) is -0.500. The van der Waals surface area contributed by atoms with E-state index in [1.807, 2.05) is 0 Å². The lowest BCUT2D eigenvalue weighted by Gasteiger charge is -2.06. The minimum absolute atomic E-state index is 0.0444. The Morgan fingerprint density at radius 1 is 1.59 bits per heavy atom. The molecule has 0 fully saturated rings. The van der Waals surface area contributed by atoms with Crippen LogP contribution in [0, 0.1) is 15.9 Å². The van der Waals surface area contributed by atoms with Crippen LogP contribution in [0.2, 0.25) is 5.02 Å². The molecule has 92 valence electrons. The van der Waals surface area contributed by atoms with Gasteiger partial charge in [-0.2, -0.15) is 0 Å². The van der Waals surface area contributed by atoms with Crippen molar-refractivity contribution < 1.29 is 19.2 Å². The summed E-state index contributed by atoms with van der Waals surface area (Å²) in [7, 11) is 0. The maximum Gasteiger partial charge on any atom is 0.305 e. The highest BCUT2D eigenvalue weighted by Crippen LogP contribution is 2.30. The first kappa shape index (κ1) is 13.2. The van der Waals surface area contributed by atoms with Crippen molar-refractivity contribution >= 4 is 28.9 Å². The number of benzene rings is 1. The quantitative estimate of drug-likeness (QED) is 0.627. The zero-order valence-corrected chi connectivity index (χ0v) is 9.20. The molecule has 0 spiro atoms. The second-order valence-corrected chi connectivity index (χ2v) is 3.52. The second-order valence-electron chi connectivity index (χ2n) is 3.11. The summed E-state index contributed by atoms with van der Waals surface area (Å²) in [5, 5.41) is 21.2. The Balaban J connectivity index is 2.92. The molecule has 8 heteroatoms. The Hall–Kier alpha value is -1.89. The van der Waals surface area contributed by atoms with E-state index in [2.05, 4.69) is 5.32 Å². The summed E-state index contributed by atoms with van der Waals surface area (Å²) < 4.78 is 13.1. The van der Waals surface area contributed by atoms with E-state index in [9.17, 15) is 19.3 Å². The average molecular weight is 263 g/mol. The zero-order chi connectivity index (χ0) is 13.0. The largest absolute Gasteiger partial charge is 0.481 e. The number of hydrogen-bond acceptors (Lipinski definition) is 4. The van der Waals surface area contributed by atoms with Gasteiger partial charge in [0.05, 0.1) is 16.4 Å². The molecule has 0 radical (unpaired) electrons. The number of carboxylic acid groups (broad SMARTS) is 1. The van der Waals surface area contributed by atoms with Crippen molar-refractivity contribution in [3.05, 3.63) is 33.1 Å². The number of halogens is 2. The fourth-order valence-corrected chi connectivity index (χ4v) is 1.29. The molecule has 1 aromatic carbocycles. The molecule has 0 unspecified atom stereocenters. The van der Waals surface area contributed by atoms with E-state index in [1.165, 1.54) is 0 Å². The smallest absolute Gasteiger partial charge is 0.305 e. The maximum absolute atomic E-state index is 13.1. The molecule has 0 atom stereocenters. The molecule has 0 heterocycles. The number of nitrogens with one attached hydrogen (secondary N) is 1. The lowest BCUT2D eigenvalue weighted by atomic mass is 10.2. The zero-order valence-electron chi connectivity index (χ0n) is 8.44. The molecular formula is C9H8ClFN2O4.